The number of nitrogens with zero attached hydrogens (tertiary/aromatic N) is 1. The second-order valence-electron chi connectivity index (χ2n) is 2.69. The zero-order chi connectivity index (χ0) is 9.84. The first-order chi connectivity index (χ1) is 6.13. The normalized spacial score (nSPS) is 11.2. The molecule has 0 radical (unpaired) electrons. The van der Waals surface area contributed by atoms with Crippen LogP contribution in [0.2, 0.25) is 0 Å². The quantitative estimate of drug-likeness (QED) is 0.440. The second-order valence-corrected chi connectivity index (χ2v) is 2.69. The van der Waals surface area contributed by atoms with Crippen LogP contribution >= 0.6 is 12.4 Å². The third-order valence-electron chi connectivity index (χ3n) is 1.75. The molecule has 1 aromatic rings. The highest BCUT2D eigenvalue weighted by Gasteiger charge is 2.24. The minimum atomic E-state index is -1.16. The van der Waals surface area contributed by atoms with E-state index in [0.29, 0.717) is 5.56 Å². The summed E-state index contributed by atoms with van der Waals surface area (Å²) in [6.45, 7) is 1.29. The van der Waals surface area contributed by atoms with Crippen molar-refractivity contribution in [3.05, 3.63) is 46.0 Å². The van der Waals surface area contributed by atoms with E-state index in [1.165, 1.54) is 6.92 Å². The summed E-state index contributed by atoms with van der Waals surface area (Å²) in [5.74, 6) is -0.453. The Bertz CT molecular complexity index is 326. The van der Waals surface area contributed by atoms with Gasteiger partial charge in [-0.15, -0.1) is 12.4 Å². The minimum Gasteiger partial charge on any atom is -0.286 e. The summed E-state index contributed by atoms with van der Waals surface area (Å²) in [7, 11) is 0. The lowest BCUT2D eigenvalue weighted by Crippen LogP contribution is -2.25. The van der Waals surface area contributed by atoms with Gasteiger partial charge in [-0.3, -0.25) is 14.9 Å². The monoisotopic (exact) mass is 215 g/mol. The molecule has 0 aliphatic heterocycles. The van der Waals surface area contributed by atoms with E-state index in [1.54, 1.807) is 30.3 Å². The Balaban J connectivity index is 0.00000169. The van der Waals surface area contributed by atoms with Gasteiger partial charge < -0.3 is 0 Å². The highest BCUT2D eigenvalue weighted by atomic mass is 35.5. The van der Waals surface area contributed by atoms with Gasteiger partial charge in [0, 0.05) is 17.4 Å². The maximum atomic E-state index is 11.3. The maximum Gasteiger partial charge on any atom is 0.272 e. The van der Waals surface area contributed by atoms with Crippen LogP contribution in [0.25, 0.3) is 0 Å². The molecule has 4 nitrogen and oxygen atoms in total. The molecule has 1 rings (SSSR count). The number of Topliss-reactive ketones (excluding diaryl/α,β-unsaturated/α-hetero) is 1. The molecule has 0 aliphatic carbocycles. The molecule has 1 aromatic carbocycles. The summed E-state index contributed by atoms with van der Waals surface area (Å²) >= 11 is 0. The molecule has 1 unspecified atom stereocenters. The van der Waals surface area contributed by atoms with Gasteiger partial charge in [0.25, 0.3) is 6.04 Å². The molecule has 0 bridgehead atoms. The Hall–Kier alpha value is -1.42. The Morgan fingerprint density at radius 1 is 1.36 bits per heavy atom. The van der Waals surface area contributed by atoms with Gasteiger partial charge in [0.15, 0.2) is 0 Å². The summed E-state index contributed by atoms with van der Waals surface area (Å²) in [5, 5.41) is 10.3. The smallest absolute Gasteiger partial charge is 0.272 e. The molecule has 5 heteroatoms. The van der Waals surface area contributed by atoms with Crippen LogP contribution in [0.5, 0.6) is 0 Å². The maximum absolute atomic E-state index is 11.3. The highest BCUT2D eigenvalue weighted by Crippen LogP contribution is 2.04. The average molecular weight is 216 g/mol. The third-order valence-corrected chi connectivity index (χ3v) is 1.75. The standard InChI is InChI=1S/C9H9NO3.ClH/c1-7(10(12)13)9(11)8-5-3-2-4-6-8;/h2-7H,1H3;1H. The van der Waals surface area contributed by atoms with Gasteiger partial charge in [-0.05, 0) is 0 Å². The molecule has 0 aromatic heterocycles. The van der Waals surface area contributed by atoms with Gasteiger partial charge in [0.05, 0.1) is 0 Å². The molecule has 0 heterocycles. The number of nitro groups is 1. The fourth-order valence-corrected chi connectivity index (χ4v) is 0.939. The molecular weight excluding hydrogens is 206 g/mol. The van der Waals surface area contributed by atoms with Gasteiger partial charge >= 0.3 is 0 Å². The Labute approximate surface area is 87.5 Å². The Kier molecular flexibility index (Phi) is 4.80. The van der Waals surface area contributed by atoms with Gasteiger partial charge in [-0.2, -0.15) is 0 Å². The fraction of sp³-hybridized carbons (Fsp3) is 0.222. The molecule has 0 N–H and O–H groups in total. The number of benzene rings is 1. The van der Waals surface area contributed by atoms with Crippen LogP contribution in [0.4, 0.5) is 0 Å². The van der Waals surface area contributed by atoms with Crippen LogP contribution in [0, 0.1) is 10.1 Å². The molecule has 14 heavy (non-hydrogen) atoms. The molecule has 0 saturated carbocycles. The van der Waals surface area contributed by atoms with Crippen molar-refractivity contribution in [3.8, 4) is 0 Å². The van der Waals surface area contributed by atoms with E-state index in [9.17, 15) is 14.9 Å². The van der Waals surface area contributed by atoms with Crippen molar-refractivity contribution >= 4 is 18.2 Å². The van der Waals surface area contributed by atoms with Crippen LogP contribution in [0.1, 0.15) is 17.3 Å². The van der Waals surface area contributed by atoms with Crippen LogP contribution < -0.4 is 0 Å². The number of carbonyl (C=O) groups is 1. The van der Waals surface area contributed by atoms with Crippen LogP contribution in [-0.4, -0.2) is 16.7 Å². The lowest BCUT2D eigenvalue weighted by molar-refractivity contribution is -0.500. The summed E-state index contributed by atoms with van der Waals surface area (Å²) in [6.07, 6.45) is 0. The number of rotatable bonds is 3. The predicted octanol–water partition coefficient (Wildman–Crippen LogP) is 1.96. The first-order valence-corrected chi connectivity index (χ1v) is 3.85. The van der Waals surface area contributed by atoms with Gasteiger partial charge in [0.1, 0.15) is 0 Å². The molecule has 0 fully saturated rings. The molecular formula is C9H10ClNO3. The van der Waals surface area contributed by atoms with Crippen molar-refractivity contribution in [1.82, 2.24) is 0 Å². The van der Waals surface area contributed by atoms with E-state index >= 15 is 0 Å². The topological polar surface area (TPSA) is 60.2 Å². The van der Waals surface area contributed by atoms with Crippen LogP contribution in [0.15, 0.2) is 30.3 Å². The first kappa shape index (κ1) is 12.6. The molecule has 76 valence electrons. The van der Waals surface area contributed by atoms with Crippen molar-refractivity contribution in [1.29, 1.82) is 0 Å². The lowest BCUT2D eigenvalue weighted by Gasteiger charge is -2.01. The van der Waals surface area contributed by atoms with Crippen LogP contribution in [0.3, 0.4) is 0 Å². The van der Waals surface area contributed by atoms with E-state index in [0.717, 1.165) is 0 Å². The second kappa shape index (κ2) is 5.34. The van der Waals surface area contributed by atoms with E-state index in [2.05, 4.69) is 0 Å². The van der Waals surface area contributed by atoms with E-state index in [-0.39, 0.29) is 12.4 Å². The highest BCUT2D eigenvalue weighted by molar-refractivity contribution is 5.98. The van der Waals surface area contributed by atoms with Gasteiger partial charge in [-0.1, -0.05) is 30.3 Å². The van der Waals surface area contributed by atoms with Gasteiger partial charge in [0.2, 0.25) is 5.78 Å². The molecule has 0 amide bonds. The van der Waals surface area contributed by atoms with E-state index < -0.39 is 16.7 Å². The summed E-state index contributed by atoms with van der Waals surface area (Å²) < 4.78 is 0. The molecule has 0 spiro atoms. The number of ketones is 1. The SMILES string of the molecule is CC(C(=O)c1ccccc1)[N+](=O)[O-].Cl. The minimum absolute atomic E-state index is 0. The molecule has 0 saturated heterocycles. The number of hydrogen-bond donors (Lipinski definition) is 0. The zero-order valence-electron chi connectivity index (χ0n) is 7.54. The summed E-state index contributed by atoms with van der Waals surface area (Å²) in [5.41, 5.74) is 0.381. The van der Waals surface area contributed by atoms with Crippen molar-refractivity contribution in [2.24, 2.45) is 0 Å². The van der Waals surface area contributed by atoms with Crippen molar-refractivity contribution in [2.45, 2.75) is 13.0 Å². The van der Waals surface area contributed by atoms with Crippen molar-refractivity contribution in [3.63, 3.8) is 0 Å². The van der Waals surface area contributed by atoms with Crippen LogP contribution in [-0.2, 0) is 0 Å². The Morgan fingerprint density at radius 2 is 1.86 bits per heavy atom. The zero-order valence-corrected chi connectivity index (χ0v) is 8.36. The third kappa shape index (κ3) is 2.81. The Morgan fingerprint density at radius 3 is 2.29 bits per heavy atom. The average Bonchev–Trinajstić information content (AvgIpc) is 2.17. The van der Waals surface area contributed by atoms with E-state index in [4.69, 9.17) is 0 Å². The van der Waals surface area contributed by atoms with Gasteiger partial charge in [-0.25, -0.2) is 0 Å². The number of halogens is 1. The summed E-state index contributed by atoms with van der Waals surface area (Å²) in [6, 6.07) is 7.10. The number of hydrogen-bond acceptors (Lipinski definition) is 3. The number of carbonyl (C=O) groups excluding carboxylic acids is 1. The summed E-state index contributed by atoms with van der Waals surface area (Å²) in [4.78, 5) is 21.1. The van der Waals surface area contributed by atoms with Crippen molar-refractivity contribution in [2.75, 3.05) is 0 Å². The molecule has 0 aliphatic rings. The van der Waals surface area contributed by atoms with E-state index in [1.807, 2.05) is 0 Å². The fourth-order valence-electron chi connectivity index (χ4n) is 0.939. The molecule has 1 atom stereocenters. The predicted molar refractivity (Wildman–Crippen MR) is 54.5 cm³/mol. The largest absolute Gasteiger partial charge is 0.286 e. The van der Waals surface area contributed by atoms with Crippen molar-refractivity contribution < 1.29 is 9.72 Å². The first-order valence-electron chi connectivity index (χ1n) is 3.85. The lowest BCUT2D eigenvalue weighted by atomic mass is 10.1.